The van der Waals surface area contributed by atoms with Crippen LogP contribution >= 0.6 is 23.2 Å². The van der Waals surface area contributed by atoms with E-state index in [0.29, 0.717) is 34.8 Å². The highest BCUT2D eigenvalue weighted by Gasteiger charge is 2.16. The van der Waals surface area contributed by atoms with E-state index in [0.717, 1.165) is 11.6 Å². The molecule has 26 heavy (non-hydrogen) atoms. The molecule has 0 spiro atoms. The summed E-state index contributed by atoms with van der Waals surface area (Å²) in [7, 11) is 1.57. The van der Waals surface area contributed by atoms with Gasteiger partial charge in [0.15, 0.2) is 11.5 Å². The molecule has 138 valence electrons. The summed E-state index contributed by atoms with van der Waals surface area (Å²) in [5.41, 5.74) is 0.739. The molecule has 0 bridgehead atoms. The lowest BCUT2D eigenvalue weighted by atomic mass is 10.2. The van der Waals surface area contributed by atoms with Gasteiger partial charge in [-0.05, 0) is 24.3 Å². The van der Waals surface area contributed by atoms with Crippen LogP contribution in [0, 0.1) is 0 Å². The van der Waals surface area contributed by atoms with Crippen molar-refractivity contribution in [1.82, 2.24) is 0 Å². The Morgan fingerprint density at radius 3 is 2.50 bits per heavy atom. The van der Waals surface area contributed by atoms with Crippen LogP contribution in [0.4, 0.5) is 0 Å². The summed E-state index contributed by atoms with van der Waals surface area (Å²) >= 11 is 12.1. The molecule has 2 rings (SSSR count). The van der Waals surface area contributed by atoms with E-state index in [4.69, 9.17) is 42.1 Å². The highest BCUT2D eigenvalue weighted by Crippen LogP contribution is 2.38. The first-order chi connectivity index (χ1) is 12.5. The summed E-state index contributed by atoms with van der Waals surface area (Å²) in [5, 5.41) is 1.02. The van der Waals surface area contributed by atoms with Gasteiger partial charge < -0.3 is 18.9 Å². The van der Waals surface area contributed by atoms with Crippen LogP contribution in [0.15, 0.2) is 49.1 Å². The molecule has 0 saturated heterocycles. The molecular weight excluding hydrogens is 379 g/mol. The second-order valence-electron chi connectivity index (χ2n) is 5.07. The minimum Gasteiger partial charge on any atom is -0.487 e. The maximum atomic E-state index is 11.7. The summed E-state index contributed by atoms with van der Waals surface area (Å²) in [6.45, 7) is 4.24. The minimum absolute atomic E-state index is 0.163. The fraction of sp³-hybridized carbons (Fsp3) is 0.211. The van der Waals surface area contributed by atoms with Gasteiger partial charge in [-0.2, -0.15) is 0 Å². The van der Waals surface area contributed by atoms with Crippen LogP contribution in [0.25, 0.3) is 0 Å². The Balaban J connectivity index is 2.23. The number of rotatable bonds is 9. The molecule has 2 aromatic carbocycles. The van der Waals surface area contributed by atoms with Crippen LogP contribution in [-0.2, 0) is 16.1 Å². The largest absolute Gasteiger partial charge is 0.487 e. The zero-order valence-corrected chi connectivity index (χ0v) is 15.7. The van der Waals surface area contributed by atoms with Crippen molar-refractivity contribution in [3.8, 4) is 17.2 Å². The van der Waals surface area contributed by atoms with Gasteiger partial charge in [-0.1, -0.05) is 41.9 Å². The average Bonchev–Trinajstić information content (AvgIpc) is 2.63. The molecule has 0 fully saturated rings. The van der Waals surface area contributed by atoms with Crippen molar-refractivity contribution in [3.63, 3.8) is 0 Å². The number of hydrogen-bond donors (Lipinski definition) is 0. The highest BCUT2D eigenvalue weighted by atomic mass is 35.5. The van der Waals surface area contributed by atoms with Crippen molar-refractivity contribution < 1.29 is 23.7 Å². The van der Waals surface area contributed by atoms with E-state index in [1.165, 1.54) is 0 Å². The Morgan fingerprint density at radius 1 is 1.12 bits per heavy atom. The summed E-state index contributed by atoms with van der Waals surface area (Å²) < 4.78 is 21.6. The van der Waals surface area contributed by atoms with Crippen LogP contribution in [0.5, 0.6) is 17.2 Å². The van der Waals surface area contributed by atoms with E-state index in [9.17, 15) is 4.79 Å². The van der Waals surface area contributed by atoms with Crippen molar-refractivity contribution in [2.45, 2.75) is 6.61 Å². The zero-order valence-electron chi connectivity index (χ0n) is 14.2. The van der Waals surface area contributed by atoms with E-state index in [1.807, 2.05) is 0 Å². The molecule has 0 aliphatic rings. The third-order valence-corrected chi connectivity index (χ3v) is 3.84. The Morgan fingerprint density at radius 2 is 1.85 bits per heavy atom. The van der Waals surface area contributed by atoms with Gasteiger partial charge in [-0.15, -0.1) is 0 Å². The summed E-state index contributed by atoms with van der Waals surface area (Å²) in [5.74, 6) is 0.235. The number of ether oxygens (including phenoxy) is 4. The van der Waals surface area contributed by atoms with E-state index in [1.54, 1.807) is 43.5 Å². The average molecular weight is 397 g/mol. The third kappa shape index (κ3) is 5.66. The van der Waals surface area contributed by atoms with Gasteiger partial charge in [0.25, 0.3) is 0 Å². The smallest absolute Gasteiger partial charge is 0.335 e. The highest BCUT2D eigenvalue weighted by molar-refractivity contribution is 6.35. The monoisotopic (exact) mass is 396 g/mol. The molecule has 5 nitrogen and oxygen atoms in total. The molecule has 0 saturated carbocycles. The molecule has 0 aliphatic carbocycles. The fourth-order valence-corrected chi connectivity index (χ4v) is 2.46. The van der Waals surface area contributed by atoms with Crippen LogP contribution in [0.2, 0.25) is 10.0 Å². The zero-order chi connectivity index (χ0) is 18.9. The van der Waals surface area contributed by atoms with Gasteiger partial charge in [0.2, 0.25) is 5.75 Å². The molecule has 7 heteroatoms. The number of halogens is 2. The molecule has 0 radical (unpaired) electrons. The van der Waals surface area contributed by atoms with Gasteiger partial charge in [0.05, 0.1) is 6.61 Å². The van der Waals surface area contributed by atoms with Crippen LogP contribution < -0.4 is 14.2 Å². The fourth-order valence-electron chi connectivity index (χ4n) is 2.00. The number of para-hydroxylation sites is 1. The van der Waals surface area contributed by atoms with Crippen molar-refractivity contribution in [1.29, 1.82) is 0 Å². The lowest BCUT2D eigenvalue weighted by molar-refractivity contribution is -0.129. The predicted molar refractivity (Wildman–Crippen MR) is 100 cm³/mol. The Bertz CT molecular complexity index is 777. The maximum Gasteiger partial charge on any atom is 0.335 e. The lowest BCUT2D eigenvalue weighted by Gasteiger charge is -2.15. The summed E-state index contributed by atoms with van der Waals surface area (Å²) in [6.07, 6.45) is 1.06. The first-order valence-electron chi connectivity index (χ1n) is 7.71. The molecule has 0 heterocycles. The lowest BCUT2D eigenvalue weighted by Crippen LogP contribution is -2.10. The molecule has 0 aromatic heterocycles. The molecule has 0 aliphatic heterocycles. The minimum atomic E-state index is -0.623. The number of methoxy groups -OCH3 is 1. The van der Waals surface area contributed by atoms with E-state index in [2.05, 4.69) is 6.58 Å². The molecule has 2 aromatic rings. The first kappa shape index (κ1) is 20.1. The number of benzene rings is 2. The quantitative estimate of drug-likeness (QED) is 0.266. The second kappa shape index (κ2) is 10.1. The SMILES string of the molecule is C=CC(=O)Oc1c(OCCOC)cccc1OCc1ccc(Cl)cc1Cl. The first-order valence-corrected chi connectivity index (χ1v) is 8.46. The summed E-state index contributed by atoms with van der Waals surface area (Å²) in [6, 6.07) is 10.2. The molecular formula is C19H18Cl2O5. The molecule has 0 N–H and O–H groups in total. The van der Waals surface area contributed by atoms with E-state index >= 15 is 0 Å². The topological polar surface area (TPSA) is 54.0 Å². The number of carbonyl (C=O) groups excluding carboxylic acids is 1. The van der Waals surface area contributed by atoms with Gasteiger partial charge in [0, 0.05) is 28.8 Å². The van der Waals surface area contributed by atoms with Crippen molar-refractivity contribution in [2.75, 3.05) is 20.3 Å². The Kier molecular flexibility index (Phi) is 7.78. The maximum absolute atomic E-state index is 11.7. The van der Waals surface area contributed by atoms with Gasteiger partial charge in [0.1, 0.15) is 13.2 Å². The van der Waals surface area contributed by atoms with Gasteiger partial charge >= 0.3 is 5.97 Å². The summed E-state index contributed by atoms with van der Waals surface area (Å²) in [4.78, 5) is 11.7. The molecule has 0 unspecified atom stereocenters. The van der Waals surface area contributed by atoms with Crippen LogP contribution in [0.3, 0.4) is 0 Å². The molecule has 0 amide bonds. The van der Waals surface area contributed by atoms with Gasteiger partial charge in [-0.3, -0.25) is 0 Å². The number of esters is 1. The van der Waals surface area contributed by atoms with Gasteiger partial charge in [-0.25, -0.2) is 4.79 Å². The van der Waals surface area contributed by atoms with Crippen LogP contribution in [0.1, 0.15) is 5.56 Å². The molecule has 0 atom stereocenters. The Labute approximate surface area is 162 Å². The van der Waals surface area contributed by atoms with E-state index in [-0.39, 0.29) is 12.4 Å². The number of hydrogen-bond acceptors (Lipinski definition) is 5. The van der Waals surface area contributed by atoms with Crippen molar-refractivity contribution in [2.24, 2.45) is 0 Å². The van der Waals surface area contributed by atoms with Crippen molar-refractivity contribution >= 4 is 29.2 Å². The predicted octanol–water partition coefficient (Wildman–Crippen LogP) is 4.69. The third-order valence-electron chi connectivity index (χ3n) is 3.26. The van der Waals surface area contributed by atoms with E-state index < -0.39 is 5.97 Å². The second-order valence-corrected chi connectivity index (χ2v) is 5.92. The number of carbonyl (C=O) groups is 1. The Hall–Kier alpha value is -2.21. The van der Waals surface area contributed by atoms with Crippen molar-refractivity contribution in [3.05, 3.63) is 64.7 Å². The standard InChI is InChI=1S/C19H18Cl2O5/c1-3-18(22)26-19-16(24-10-9-23-2)5-4-6-17(19)25-12-13-7-8-14(20)11-15(13)21/h3-8,11H,1,9-10,12H2,2H3. The normalized spacial score (nSPS) is 10.3. The van der Waals surface area contributed by atoms with Crippen LogP contribution in [-0.4, -0.2) is 26.3 Å².